The molecule has 0 fully saturated rings. The summed E-state index contributed by atoms with van der Waals surface area (Å²) in [7, 11) is 0. The Bertz CT molecular complexity index is 704. The van der Waals surface area contributed by atoms with Crippen molar-refractivity contribution in [2.75, 3.05) is 12.0 Å². The Kier molecular flexibility index (Phi) is 6.61. The van der Waals surface area contributed by atoms with Crippen LogP contribution in [0.3, 0.4) is 0 Å². The molecule has 0 aliphatic carbocycles. The van der Waals surface area contributed by atoms with Crippen molar-refractivity contribution < 1.29 is 4.79 Å². The van der Waals surface area contributed by atoms with Crippen LogP contribution in [-0.4, -0.2) is 33.6 Å². The van der Waals surface area contributed by atoms with Crippen molar-refractivity contribution in [3.05, 3.63) is 47.7 Å². The van der Waals surface area contributed by atoms with Crippen LogP contribution in [0.15, 0.2) is 51.7 Å². The smallest absolute Gasteiger partial charge is 0.250 e. The number of nitrogens with zero attached hydrogens (tertiary/aromatic N) is 3. The Hall–Kier alpha value is -1.86. The van der Waals surface area contributed by atoms with Crippen molar-refractivity contribution in [1.29, 1.82) is 0 Å². The van der Waals surface area contributed by atoms with Crippen molar-refractivity contribution in [2.45, 2.75) is 24.0 Å². The summed E-state index contributed by atoms with van der Waals surface area (Å²) in [6.07, 6.45) is 1.93. The van der Waals surface area contributed by atoms with Crippen LogP contribution in [0.5, 0.6) is 0 Å². The van der Waals surface area contributed by atoms with Crippen molar-refractivity contribution in [2.24, 2.45) is 5.10 Å². The first-order valence-corrected chi connectivity index (χ1v) is 9.20. The van der Waals surface area contributed by atoms with E-state index in [-0.39, 0.29) is 11.7 Å². The summed E-state index contributed by atoms with van der Waals surface area (Å²) in [5.74, 6) is 0.0998. The highest BCUT2D eigenvalue weighted by molar-refractivity contribution is 8.00. The average molecular weight is 346 g/mol. The Morgan fingerprint density at radius 3 is 2.70 bits per heavy atom. The number of carbonyl (C=O) groups excluding carboxylic acids is 1. The molecule has 1 heterocycles. The van der Waals surface area contributed by atoms with Gasteiger partial charge in [0, 0.05) is 5.69 Å². The van der Waals surface area contributed by atoms with Gasteiger partial charge in [-0.3, -0.25) is 4.79 Å². The zero-order valence-corrected chi connectivity index (χ0v) is 14.9. The van der Waals surface area contributed by atoms with E-state index in [1.54, 1.807) is 0 Å². The largest absolute Gasteiger partial charge is 0.272 e. The van der Waals surface area contributed by atoms with Crippen LogP contribution in [-0.2, 0) is 4.79 Å². The van der Waals surface area contributed by atoms with Gasteiger partial charge >= 0.3 is 0 Å². The van der Waals surface area contributed by atoms with Crippen LogP contribution >= 0.6 is 23.5 Å². The van der Waals surface area contributed by atoms with Gasteiger partial charge in [0.15, 0.2) is 5.16 Å². The van der Waals surface area contributed by atoms with Gasteiger partial charge in [0.05, 0.1) is 11.5 Å². The predicted octanol–water partition coefficient (Wildman–Crippen LogP) is 3.14. The fraction of sp³-hybridized carbons (Fsp3) is 0.250. The number of thioether (sulfide) groups is 2. The van der Waals surface area contributed by atoms with Gasteiger partial charge in [-0.1, -0.05) is 53.9 Å². The van der Waals surface area contributed by atoms with Gasteiger partial charge in [0.25, 0.3) is 0 Å². The molecule has 1 N–H and O–H groups in total. The molecule has 7 heteroatoms. The monoisotopic (exact) mass is 346 g/mol. The van der Waals surface area contributed by atoms with E-state index in [2.05, 4.69) is 20.5 Å². The first-order valence-electron chi connectivity index (χ1n) is 6.99. The lowest BCUT2D eigenvalue weighted by atomic mass is 10.1. The number of hydrogen-bond donors (Lipinski definition) is 1. The number of nitrogens with one attached hydrogen (secondary N) is 1. The normalized spacial score (nSPS) is 11.3. The SMILES string of the molecule is CSc1nc(C)cc(SCC(=O)NN=C(C)c2ccccc2)n1. The molecule has 0 saturated heterocycles. The van der Waals surface area contributed by atoms with Crippen LogP contribution in [0.4, 0.5) is 0 Å². The minimum absolute atomic E-state index is 0.160. The number of aryl methyl sites for hydroxylation is 1. The van der Waals surface area contributed by atoms with Crippen molar-refractivity contribution in [3.63, 3.8) is 0 Å². The van der Waals surface area contributed by atoms with E-state index in [1.165, 1.54) is 23.5 Å². The molecule has 5 nitrogen and oxygen atoms in total. The maximum atomic E-state index is 11.9. The highest BCUT2D eigenvalue weighted by atomic mass is 32.2. The fourth-order valence-corrected chi connectivity index (χ4v) is 2.97. The number of benzene rings is 1. The van der Waals surface area contributed by atoms with Crippen molar-refractivity contribution in [1.82, 2.24) is 15.4 Å². The van der Waals surface area contributed by atoms with Gasteiger partial charge in [-0.05, 0) is 31.7 Å². The predicted molar refractivity (Wildman–Crippen MR) is 96.1 cm³/mol. The number of amides is 1. The van der Waals surface area contributed by atoms with Gasteiger partial charge in [0.2, 0.25) is 5.91 Å². The maximum Gasteiger partial charge on any atom is 0.250 e. The van der Waals surface area contributed by atoms with Crippen LogP contribution in [0, 0.1) is 6.92 Å². The second-order valence-electron chi connectivity index (χ2n) is 4.72. The van der Waals surface area contributed by atoms with Crippen LogP contribution in [0.2, 0.25) is 0 Å². The molecule has 0 radical (unpaired) electrons. The zero-order valence-electron chi connectivity index (χ0n) is 13.2. The lowest BCUT2D eigenvalue weighted by Crippen LogP contribution is -2.21. The second-order valence-corrected chi connectivity index (χ2v) is 6.49. The Balaban J connectivity index is 1.89. The molecule has 0 aliphatic heterocycles. The lowest BCUT2D eigenvalue weighted by Gasteiger charge is -2.04. The van der Waals surface area contributed by atoms with E-state index in [0.717, 1.165) is 22.0 Å². The molecule has 0 atom stereocenters. The maximum absolute atomic E-state index is 11.9. The minimum Gasteiger partial charge on any atom is -0.272 e. The molecule has 0 bridgehead atoms. The molecule has 2 aromatic rings. The number of hydrogen-bond acceptors (Lipinski definition) is 6. The van der Waals surface area contributed by atoms with Gasteiger partial charge in [-0.15, -0.1) is 0 Å². The third-order valence-corrected chi connectivity index (χ3v) is 4.34. The van der Waals surface area contributed by atoms with Gasteiger partial charge < -0.3 is 0 Å². The highest BCUT2D eigenvalue weighted by Crippen LogP contribution is 2.19. The topological polar surface area (TPSA) is 67.2 Å². The summed E-state index contributed by atoms with van der Waals surface area (Å²) >= 11 is 2.86. The van der Waals surface area contributed by atoms with E-state index >= 15 is 0 Å². The van der Waals surface area contributed by atoms with E-state index in [1.807, 2.05) is 56.5 Å². The minimum atomic E-state index is -0.160. The van der Waals surface area contributed by atoms with Crippen molar-refractivity contribution >= 4 is 35.1 Å². The Morgan fingerprint density at radius 1 is 1.26 bits per heavy atom. The zero-order chi connectivity index (χ0) is 16.7. The van der Waals surface area contributed by atoms with Gasteiger partial charge in [-0.2, -0.15) is 5.10 Å². The third kappa shape index (κ3) is 5.69. The second kappa shape index (κ2) is 8.69. The Morgan fingerprint density at radius 2 is 2.00 bits per heavy atom. The molecule has 0 spiro atoms. The quantitative estimate of drug-likeness (QED) is 0.286. The summed E-state index contributed by atoms with van der Waals surface area (Å²) in [6, 6.07) is 11.6. The molecule has 1 aromatic heterocycles. The van der Waals surface area contributed by atoms with Crippen LogP contribution < -0.4 is 5.43 Å². The summed E-state index contributed by atoms with van der Waals surface area (Å²) in [5.41, 5.74) is 5.22. The van der Waals surface area contributed by atoms with E-state index in [4.69, 9.17) is 0 Å². The molecular weight excluding hydrogens is 328 g/mol. The number of rotatable bonds is 6. The summed E-state index contributed by atoms with van der Waals surface area (Å²) in [4.78, 5) is 20.6. The summed E-state index contributed by atoms with van der Waals surface area (Å²) in [6.45, 7) is 3.78. The van der Waals surface area contributed by atoms with Gasteiger partial charge in [-0.25, -0.2) is 15.4 Å². The lowest BCUT2D eigenvalue weighted by molar-refractivity contribution is -0.118. The molecule has 2 rings (SSSR count). The van der Waals surface area contributed by atoms with E-state index in [9.17, 15) is 4.79 Å². The molecule has 0 aliphatic rings. The molecule has 1 aromatic carbocycles. The van der Waals surface area contributed by atoms with E-state index in [0.29, 0.717) is 5.16 Å². The molecule has 0 saturated carbocycles. The summed E-state index contributed by atoms with van der Waals surface area (Å²) < 4.78 is 0. The highest BCUT2D eigenvalue weighted by Gasteiger charge is 2.06. The first kappa shape index (κ1) is 17.5. The molecule has 23 heavy (non-hydrogen) atoms. The molecule has 120 valence electrons. The van der Waals surface area contributed by atoms with Crippen LogP contribution in [0.1, 0.15) is 18.2 Å². The molecule has 1 amide bonds. The standard InChI is InChI=1S/C16H18N4OS2/c1-11-9-15(18-16(17-11)22-3)23-10-14(21)20-19-12(2)13-7-5-4-6-8-13/h4-9H,10H2,1-3H3,(H,20,21). The average Bonchev–Trinajstić information content (AvgIpc) is 2.58. The first-order chi connectivity index (χ1) is 11.1. The number of carbonyl (C=O) groups is 1. The fourth-order valence-electron chi connectivity index (χ4n) is 1.74. The number of hydrazone groups is 1. The molecular formula is C16H18N4OS2. The van der Waals surface area contributed by atoms with Gasteiger partial charge in [0.1, 0.15) is 5.03 Å². The summed E-state index contributed by atoms with van der Waals surface area (Å²) in [5, 5.41) is 5.63. The molecule has 0 unspecified atom stereocenters. The Labute approximate surface area is 144 Å². The van der Waals surface area contributed by atoms with E-state index < -0.39 is 0 Å². The van der Waals surface area contributed by atoms with Crippen molar-refractivity contribution in [3.8, 4) is 0 Å². The van der Waals surface area contributed by atoms with Crippen LogP contribution in [0.25, 0.3) is 0 Å². The number of aromatic nitrogens is 2. The third-order valence-electron chi connectivity index (χ3n) is 2.88.